The Balaban J connectivity index is 0.000000254. The topological polar surface area (TPSA) is 0 Å². The minimum absolute atomic E-state index is 0.887. The van der Waals surface area contributed by atoms with E-state index in [9.17, 15) is 0 Å². The predicted octanol–water partition coefficient (Wildman–Crippen LogP) is 8.91. The van der Waals surface area contributed by atoms with E-state index in [0.29, 0.717) is 0 Å². The Morgan fingerprint density at radius 1 is 0.846 bits per heavy atom. The molecule has 151 valence electrons. The van der Waals surface area contributed by atoms with Crippen molar-refractivity contribution in [2.45, 2.75) is 124 Å². The fraction of sp³-hybridized carbons (Fsp3) is 0.885. The van der Waals surface area contributed by atoms with Gasteiger partial charge in [0.25, 0.3) is 0 Å². The molecule has 3 rings (SSSR count). The summed E-state index contributed by atoms with van der Waals surface area (Å²) >= 11 is 0. The molecular weight excluding hydrogens is 312 g/mol. The standard InChI is InChI=1S/C18H31.C8H16/c1-5-6-7-16-10-11-17-12-13(2)8-9-14(3)18(17)15(16)4;1-2-4-6-8-7-5-3-1/h12,14-16,18H,5-11H2,1-4H3;1-8H2. The summed E-state index contributed by atoms with van der Waals surface area (Å²) in [5, 5.41) is 0. The fourth-order valence-electron chi connectivity index (χ4n) is 5.78. The van der Waals surface area contributed by atoms with Crippen LogP contribution in [0.5, 0.6) is 0 Å². The molecule has 2 fully saturated rings. The van der Waals surface area contributed by atoms with Crippen LogP contribution in [-0.2, 0) is 0 Å². The van der Waals surface area contributed by atoms with Gasteiger partial charge in [0.05, 0.1) is 0 Å². The molecule has 3 aliphatic rings. The maximum atomic E-state index is 2.56. The maximum absolute atomic E-state index is 2.56. The van der Waals surface area contributed by atoms with Crippen LogP contribution in [0, 0.1) is 29.6 Å². The van der Waals surface area contributed by atoms with Crippen molar-refractivity contribution >= 4 is 0 Å². The van der Waals surface area contributed by atoms with Crippen LogP contribution in [0.2, 0.25) is 0 Å². The molecule has 0 amide bonds. The molecule has 0 aromatic rings. The summed E-state index contributed by atoms with van der Waals surface area (Å²) in [5.74, 6) is 5.48. The second kappa shape index (κ2) is 12.2. The van der Waals surface area contributed by atoms with Crippen molar-refractivity contribution in [1.82, 2.24) is 0 Å². The first-order valence-corrected chi connectivity index (χ1v) is 12.2. The molecule has 1 radical (unpaired) electrons. The van der Waals surface area contributed by atoms with Gasteiger partial charge in [-0.15, -0.1) is 0 Å². The second-order valence-electron chi connectivity index (χ2n) is 9.74. The third-order valence-electron chi connectivity index (χ3n) is 7.51. The first-order valence-electron chi connectivity index (χ1n) is 12.2. The van der Waals surface area contributed by atoms with E-state index in [4.69, 9.17) is 0 Å². The van der Waals surface area contributed by atoms with Crippen LogP contribution >= 0.6 is 0 Å². The summed E-state index contributed by atoms with van der Waals surface area (Å²) in [6.07, 6.45) is 24.4. The van der Waals surface area contributed by atoms with Gasteiger partial charge in [-0.1, -0.05) is 103 Å². The molecule has 0 saturated heterocycles. The van der Waals surface area contributed by atoms with E-state index in [1.165, 1.54) is 96.3 Å². The average molecular weight is 360 g/mol. The van der Waals surface area contributed by atoms with E-state index in [-0.39, 0.29) is 0 Å². The van der Waals surface area contributed by atoms with Crippen molar-refractivity contribution in [3.05, 3.63) is 17.6 Å². The van der Waals surface area contributed by atoms with Crippen LogP contribution in [0.15, 0.2) is 11.6 Å². The summed E-state index contributed by atoms with van der Waals surface area (Å²) in [4.78, 5) is 0. The summed E-state index contributed by atoms with van der Waals surface area (Å²) < 4.78 is 0. The van der Waals surface area contributed by atoms with Gasteiger partial charge in [0.1, 0.15) is 0 Å². The highest BCUT2D eigenvalue weighted by molar-refractivity contribution is 5.23. The molecule has 0 N–H and O–H groups in total. The molecule has 0 heteroatoms. The van der Waals surface area contributed by atoms with Gasteiger partial charge in [0, 0.05) is 5.92 Å². The number of fused-ring (bicyclic) bond motifs is 1. The molecule has 26 heavy (non-hydrogen) atoms. The molecule has 2 saturated carbocycles. The molecule has 0 nitrogen and oxygen atoms in total. The van der Waals surface area contributed by atoms with Crippen LogP contribution < -0.4 is 0 Å². The molecule has 4 atom stereocenters. The summed E-state index contributed by atoms with van der Waals surface area (Å²) in [6.45, 7) is 9.69. The van der Waals surface area contributed by atoms with Gasteiger partial charge in [0.15, 0.2) is 0 Å². The molecule has 0 heterocycles. The van der Waals surface area contributed by atoms with Crippen molar-refractivity contribution in [1.29, 1.82) is 0 Å². The lowest BCUT2D eigenvalue weighted by Crippen LogP contribution is -2.34. The Morgan fingerprint density at radius 2 is 1.42 bits per heavy atom. The Bertz CT molecular complexity index is 369. The minimum Gasteiger partial charge on any atom is -0.0782 e. The average Bonchev–Trinajstić information content (AvgIpc) is 2.73. The van der Waals surface area contributed by atoms with Gasteiger partial charge in [-0.2, -0.15) is 0 Å². The highest BCUT2D eigenvalue weighted by Gasteiger charge is 2.39. The number of hydrogen-bond acceptors (Lipinski definition) is 0. The number of unbranched alkanes of at least 4 members (excludes halogenated alkanes) is 1. The third-order valence-corrected chi connectivity index (χ3v) is 7.51. The van der Waals surface area contributed by atoms with Crippen molar-refractivity contribution < 1.29 is 0 Å². The van der Waals surface area contributed by atoms with Crippen LogP contribution in [-0.4, -0.2) is 0 Å². The minimum atomic E-state index is 0.887. The zero-order valence-electron chi connectivity index (χ0n) is 18.5. The van der Waals surface area contributed by atoms with Crippen molar-refractivity contribution in [2.75, 3.05) is 0 Å². The molecule has 0 aliphatic heterocycles. The molecule has 3 aliphatic carbocycles. The van der Waals surface area contributed by atoms with E-state index in [2.05, 4.69) is 33.8 Å². The van der Waals surface area contributed by atoms with E-state index >= 15 is 0 Å². The van der Waals surface area contributed by atoms with Crippen LogP contribution in [0.4, 0.5) is 0 Å². The quantitative estimate of drug-likeness (QED) is 0.472. The van der Waals surface area contributed by atoms with Crippen LogP contribution in [0.1, 0.15) is 124 Å². The molecule has 0 bridgehead atoms. The summed E-state index contributed by atoms with van der Waals surface area (Å²) in [5.41, 5.74) is 1.62. The lowest BCUT2D eigenvalue weighted by Gasteiger charge is -2.43. The van der Waals surface area contributed by atoms with E-state index in [1.807, 2.05) is 0 Å². The van der Waals surface area contributed by atoms with Gasteiger partial charge in [-0.3, -0.25) is 0 Å². The SMILES string of the molecule is C1CCCCCCC1.CCCCC1CC[C]2C=C(C)CCC(C)C2C1C. The Kier molecular flexibility index (Phi) is 10.4. The summed E-state index contributed by atoms with van der Waals surface area (Å²) in [7, 11) is 0. The van der Waals surface area contributed by atoms with Gasteiger partial charge in [-0.05, 0) is 56.3 Å². The van der Waals surface area contributed by atoms with E-state index in [0.717, 1.165) is 23.7 Å². The van der Waals surface area contributed by atoms with Gasteiger partial charge in [-0.25, -0.2) is 0 Å². The second-order valence-corrected chi connectivity index (χ2v) is 9.74. The maximum Gasteiger partial charge on any atom is 0.00117 e. The zero-order valence-corrected chi connectivity index (χ0v) is 18.5. The molecule has 4 unspecified atom stereocenters. The first kappa shape index (κ1) is 22.0. The van der Waals surface area contributed by atoms with Crippen molar-refractivity contribution in [2.24, 2.45) is 23.7 Å². The van der Waals surface area contributed by atoms with Gasteiger partial charge < -0.3 is 0 Å². The Hall–Kier alpha value is -0.260. The number of rotatable bonds is 3. The lowest BCUT2D eigenvalue weighted by molar-refractivity contribution is 0.140. The smallest absolute Gasteiger partial charge is 0.00117 e. The van der Waals surface area contributed by atoms with Gasteiger partial charge in [0.2, 0.25) is 0 Å². The van der Waals surface area contributed by atoms with E-state index < -0.39 is 0 Å². The predicted molar refractivity (Wildman–Crippen MR) is 117 cm³/mol. The summed E-state index contributed by atoms with van der Waals surface area (Å²) in [6, 6.07) is 0. The number of hydrogen-bond donors (Lipinski definition) is 0. The molecule has 0 spiro atoms. The monoisotopic (exact) mass is 359 g/mol. The first-order chi connectivity index (χ1) is 12.6. The van der Waals surface area contributed by atoms with Crippen molar-refractivity contribution in [3.63, 3.8) is 0 Å². The van der Waals surface area contributed by atoms with Crippen molar-refractivity contribution in [3.8, 4) is 0 Å². The third kappa shape index (κ3) is 7.05. The largest absolute Gasteiger partial charge is 0.0782 e. The fourth-order valence-corrected chi connectivity index (χ4v) is 5.78. The zero-order chi connectivity index (χ0) is 18.8. The Morgan fingerprint density at radius 3 is 1.96 bits per heavy atom. The number of allylic oxidation sites excluding steroid dienone is 2. The normalized spacial score (nSPS) is 33.6. The molecule has 0 aromatic heterocycles. The van der Waals surface area contributed by atoms with Crippen LogP contribution in [0.25, 0.3) is 0 Å². The Labute approximate surface area is 165 Å². The van der Waals surface area contributed by atoms with E-state index in [1.54, 1.807) is 11.5 Å². The highest BCUT2D eigenvalue weighted by Crippen LogP contribution is 2.49. The lowest BCUT2D eigenvalue weighted by atomic mass is 9.62. The highest BCUT2D eigenvalue weighted by atomic mass is 14.4. The van der Waals surface area contributed by atoms with Crippen LogP contribution in [0.3, 0.4) is 0 Å². The molecule has 0 aromatic carbocycles. The van der Waals surface area contributed by atoms with Gasteiger partial charge >= 0.3 is 0 Å². The molecular formula is C26H47.